The van der Waals surface area contributed by atoms with Crippen molar-refractivity contribution in [1.82, 2.24) is 4.98 Å². The second-order valence-electron chi connectivity index (χ2n) is 5.27. The van der Waals surface area contributed by atoms with Gasteiger partial charge in [-0.15, -0.1) is 0 Å². The smallest absolute Gasteiger partial charge is 0.143 e. The van der Waals surface area contributed by atoms with Crippen LogP contribution < -0.4 is 5.32 Å². The summed E-state index contributed by atoms with van der Waals surface area (Å²) in [6, 6.07) is 14.4. The van der Waals surface area contributed by atoms with Crippen LogP contribution in [0.1, 0.15) is 23.1 Å². The maximum Gasteiger partial charge on any atom is 0.143 e. The van der Waals surface area contributed by atoms with Crippen molar-refractivity contribution >= 4 is 5.82 Å². The van der Waals surface area contributed by atoms with Gasteiger partial charge in [-0.05, 0) is 48.4 Å². The summed E-state index contributed by atoms with van der Waals surface area (Å²) >= 11 is 0. The molecule has 3 rings (SSSR count). The summed E-state index contributed by atoms with van der Waals surface area (Å²) in [5.74, 6) is 1.40. The molecule has 1 aromatic carbocycles. The van der Waals surface area contributed by atoms with Gasteiger partial charge in [0.25, 0.3) is 0 Å². The number of hydrogen-bond acceptors (Lipinski definition) is 3. The van der Waals surface area contributed by atoms with Crippen molar-refractivity contribution in [3.05, 3.63) is 59.3 Å². The van der Waals surface area contributed by atoms with Crippen molar-refractivity contribution < 1.29 is 0 Å². The molecule has 0 bridgehead atoms. The van der Waals surface area contributed by atoms with E-state index < -0.39 is 0 Å². The van der Waals surface area contributed by atoms with Crippen LogP contribution >= 0.6 is 0 Å². The summed E-state index contributed by atoms with van der Waals surface area (Å²) in [7, 11) is 0. The molecule has 1 aliphatic carbocycles. The van der Waals surface area contributed by atoms with Gasteiger partial charge in [0, 0.05) is 12.7 Å². The molecular formula is C17H17N3. The molecule has 0 radical (unpaired) electrons. The van der Waals surface area contributed by atoms with Crippen LogP contribution in [0.15, 0.2) is 42.6 Å². The van der Waals surface area contributed by atoms with Gasteiger partial charge in [0.2, 0.25) is 0 Å². The highest BCUT2D eigenvalue weighted by atomic mass is 15.0. The molecule has 0 unspecified atom stereocenters. The predicted molar refractivity (Wildman–Crippen MR) is 79.4 cm³/mol. The molecule has 1 aromatic heterocycles. The van der Waals surface area contributed by atoms with Crippen molar-refractivity contribution in [2.75, 3.05) is 11.9 Å². The van der Waals surface area contributed by atoms with Gasteiger partial charge in [0.15, 0.2) is 0 Å². The van der Waals surface area contributed by atoms with E-state index in [4.69, 9.17) is 5.26 Å². The Morgan fingerprint density at radius 1 is 1.15 bits per heavy atom. The highest BCUT2D eigenvalue weighted by Crippen LogP contribution is 2.28. The number of nitriles is 1. The van der Waals surface area contributed by atoms with E-state index in [0.717, 1.165) is 13.0 Å². The van der Waals surface area contributed by atoms with E-state index in [1.54, 1.807) is 18.3 Å². The first kappa shape index (κ1) is 12.7. The molecule has 20 heavy (non-hydrogen) atoms. The quantitative estimate of drug-likeness (QED) is 0.921. The number of benzene rings is 1. The van der Waals surface area contributed by atoms with Crippen LogP contribution in [-0.4, -0.2) is 11.5 Å². The predicted octanol–water partition coefficient (Wildman–Crippen LogP) is 3.17. The van der Waals surface area contributed by atoms with Crippen molar-refractivity contribution in [2.45, 2.75) is 19.3 Å². The lowest BCUT2D eigenvalue weighted by Crippen LogP contribution is -2.11. The second-order valence-corrected chi connectivity index (χ2v) is 5.27. The Bertz CT molecular complexity index is 618. The minimum atomic E-state index is 0.613. The lowest BCUT2D eigenvalue weighted by Gasteiger charge is -2.11. The van der Waals surface area contributed by atoms with E-state index in [1.165, 1.54) is 24.0 Å². The highest BCUT2D eigenvalue weighted by molar-refractivity contribution is 5.51. The van der Waals surface area contributed by atoms with Crippen molar-refractivity contribution in [1.29, 1.82) is 5.26 Å². The van der Waals surface area contributed by atoms with Gasteiger partial charge in [-0.2, -0.15) is 5.26 Å². The zero-order chi connectivity index (χ0) is 13.8. The zero-order valence-corrected chi connectivity index (χ0v) is 11.3. The Labute approximate surface area is 119 Å². The molecule has 100 valence electrons. The number of fused-ring (bicyclic) bond motifs is 1. The molecule has 0 amide bonds. The Hall–Kier alpha value is -2.34. The third kappa shape index (κ3) is 2.65. The number of anilines is 1. The molecule has 1 heterocycles. The Morgan fingerprint density at radius 3 is 2.60 bits per heavy atom. The lowest BCUT2D eigenvalue weighted by atomic mass is 10.0. The average molecular weight is 263 g/mol. The largest absolute Gasteiger partial charge is 0.369 e. The van der Waals surface area contributed by atoms with E-state index in [0.29, 0.717) is 17.3 Å². The van der Waals surface area contributed by atoms with Gasteiger partial charge in [-0.25, -0.2) is 4.98 Å². The van der Waals surface area contributed by atoms with E-state index in [-0.39, 0.29) is 0 Å². The molecule has 0 aliphatic heterocycles. The molecule has 0 saturated carbocycles. The molecular weight excluding hydrogens is 246 g/mol. The third-order valence-electron chi connectivity index (χ3n) is 3.91. The standard InChI is InChI=1S/C17H17N3/c18-12-16-6-3-8-19-17(16)20-9-7-13-10-14-4-1-2-5-15(14)11-13/h1-6,8,13H,7,9-11H2,(H,19,20). The minimum Gasteiger partial charge on any atom is -0.369 e. The van der Waals surface area contributed by atoms with Crippen molar-refractivity contribution in [3.63, 3.8) is 0 Å². The van der Waals surface area contributed by atoms with Crippen LogP contribution in [0, 0.1) is 17.2 Å². The van der Waals surface area contributed by atoms with Gasteiger partial charge in [-0.1, -0.05) is 24.3 Å². The lowest BCUT2D eigenvalue weighted by molar-refractivity contribution is 0.529. The first-order valence-electron chi connectivity index (χ1n) is 7.02. The van der Waals surface area contributed by atoms with Crippen LogP contribution in [-0.2, 0) is 12.8 Å². The Kier molecular flexibility index (Phi) is 3.64. The van der Waals surface area contributed by atoms with Crippen molar-refractivity contribution in [3.8, 4) is 6.07 Å². The summed E-state index contributed by atoms with van der Waals surface area (Å²) in [6.45, 7) is 0.865. The fraction of sp³-hybridized carbons (Fsp3) is 0.294. The molecule has 3 heteroatoms. The number of pyridine rings is 1. The molecule has 3 nitrogen and oxygen atoms in total. The normalized spacial score (nSPS) is 13.8. The fourth-order valence-corrected chi connectivity index (χ4v) is 2.89. The molecule has 0 atom stereocenters. The average Bonchev–Trinajstić information content (AvgIpc) is 2.90. The van der Waals surface area contributed by atoms with Gasteiger partial charge >= 0.3 is 0 Å². The number of nitrogens with one attached hydrogen (secondary N) is 1. The third-order valence-corrected chi connectivity index (χ3v) is 3.91. The van der Waals surface area contributed by atoms with Crippen LogP contribution in [0.4, 0.5) is 5.82 Å². The number of aromatic nitrogens is 1. The SMILES string of the molecule is N#Cc1cccnc1NCCC1Cc2ccccc2C1. The maximum atomic E-state index is 9.02. The van der Waals surface area contributed by atoms with Gasteiger partial charge in [-0.3, -0.25) is 0 Å². The molecule has 0 fully saturated rings. The van der Waals surface area contributed by atoms with Crippen LogP contribution in [0.25, 0.3) is 0 Å². The molecule has 0 saturated heterocycles. The van der Waals surface area contributed by atoms with E-state index in [1.807, 2.05) is 0 Å². The topological polar surface area (TPSA) is 48.7 Å². The highest BCUT2D eigenvalue weighted by Gasteiger charge is 2.20. The number of nitrogens with zero attached hydrogens (tertiary/aromatic N) is 2. The summed E-state index contributed by atoms with van der Waals surface area (Å²) in [4.78, 5) is 4.22. The van der Waals surface area contributed by atoms with E-state index in [2.05, 4.69) is 40.6 Å². The molecule has 1 N–H and O–H groups in total. The van der Waals surface area contributed by atoms with Crippen molar-refractivity contribution in [2.24, 2.45) is 5.92 Å². The van der Waals surface area contributed by atoms with E-state index in [9.17, 15) is 0 Å². The van der Waals surface area contributed by atoms with E-state index >= 15 is 0 Å². The minimum absolute atomic E-state index is 0.613. The number of rotatable bonds is 4. The van der Waals surface area contributed by atoms with Gasteiger partial charge in [0.05, 0.1) is 5.56 Å². The summed E-state index contributed by atoms with van der Waals surface area (Å²) in [6.07, 6.45) is 5.17. The Morgan fingerprint density at radius 2 is 1.90 bits per heavy atom. The van der Waals surface area contributed by atoms with Crippen LogP contribution in [0.2, 0.25) is 0 Å². The molecule has 2 aromatic rings. The maximum absolute atomic E-state index is 9.02. The monoisotopic (exact) mass is 263 g/mol. The van der Waals surface area contributed by atoms with Crippen LogP contribution in [0.5, 0.6) is 0 Å². The first-order valence-corrected chi connectivity index (χ1v) is 7.02. The first-order chi connectivity index (χ1) is 9.86. The van der Waals surface area contributed by atoms with Gasteiger partial charge < -0.3 is 5.32 Å². The van der Waals surface area contributed by atoms with Crippen LogP contribution in [0.3, 0.4) is 0 Å². The second kappa shape index (κ2) is 5.75. The molecule has 0 spiro atoms. The Balaban J connectivity index is 1.54. The summed E-state index contributed by atoms with van der Waals surface area (Å²) < 4.78 is 0. The zero-order valence-electron chi connectivity index (χ0n) is 11.3. The van der Waals surface area contributed by atoms with Gasteiger partial charge in [0.1, 0.15) is 11.9 Å². The summed E-state index contributed by atoms with van der Waals surface area (Å²) in [5, 5.41) is 12.3. The number of hydrogen-bond donors (Lipinski definition) is 1. The fourth-order valence-electron chi connectivity index (χ4n) is 2.89. The molecule has 1 aliphatic rings. The summed E-state index contributed by atoms with van der Waals surface area (Å²) in [5.41, 5.74) is 3.60.